The van der Waals surface area contributed by atoms with Crippen LogP contribution in [0.4, 0.5) is 0 Å². The van der Waals surface area contributed by atoms with E-state index in [0.29, 0.717) is 0 Å². The Morgan fingerprint density at radius 2 is 1.83 bits per heavy atom. The summed E-state index contributed by atoms with van der Waals surface area (Å²) in [5.74, 6) is -0.927. The molecule has 124 valence electrons. The van der Waals surface area contributed by atoms with Crippen molar-refractivity contribution in [3.8, 4) is 0 Å². The second-order valence-corrected chi connectivity index (χ2v) is 6.95. The molecule has 7 nitrogen and oxygen atoms in total. The topological polar surface area (TPSA) is 104 Å². The predicted molar refractivity (Wildman–Crippen MR) is 86.0 cm³/mol. The molecule has 23 heavy (non-hydrogen) atoms. The molecule has 0 heterocycles. The summed E-state index contributed by atoms with van der Waals surface area (Å²) in [6, 6.07) is 7.91. The number of benzene rings is 1. The van der Waals surface area contributed by atoms with Crippen molar-refractivity contribution in [2.45, 2.75) is 25.8 Å². The predicted octanol–water partition coefficient (Wildman–Crippen LogP) is 0.523. The van der Waals surface area contributed by atoms with Crippen molar-refractivity contribution >= 4 is 27.9 Å². The fourth-order valence-corrected chi connectivity index (χ4v) is 2.77. The third-order valence-electron chi connectivity index (χ3n) is 3.23. The number of rotatable bonds is 6. The normalized spacial score (nSPS) is 16.0. The van der Waals surface area contributed by atoms with Crippen LogP contribution in [0.5, 0.6) is 0 Å². The van der Waals surface area contributed by atoms with Gasteiger partial charge in [0.05, 0.1) is 6.04 Å². The number of sulfonamides is 1. The number of amides is 2. The lowest BCUT2D eigenvalue weighted by Crippen LogP contribution is -2.51. The van der Waals surface area contributed by atoms with E-state index in [2.05, 4.69) is 15.6 Å². The van der Waals surface area contributed by atoms with Crippen molar-refractivity contribution in [3.63, 3.8) is 0 Å². The van der Waals surface area contributed by atoms with E-state index < -0.39 is 22.0 Å². The van der Waals surface area contributed by atoms with Crippen molar-refractivity contribution < 1.29 is 18.0 Å². The van der Waals surface area contributed by atoms with Gasteiger partial charge in [-0.3, -0.25) is 20.4 Å². The zero-order valence-corrected chi connectivity index (χ0v) is 13.5. The summed E-state index contributed by atoms with van der Waals surface area (Å²) >= 11 is 0. The fraction of sp³-hybridized carbons (Fsp3) is 0.333. The van der Waals surface area contributed by atoms with E-state index in [-0.39, 0.29) is 11.8 Å². The van der Waals surface area contributed by atoms with Crippen molar-refractivity contribution in [2.24, 2.45) is 5.92 Å². The SMILES string of the molecule is C[C@H](NS(=O)(=O)/C=C/c1ccccc1)C(=O)NNC(=O)C1CC1. The Morgan fingerprint density at radius 3 is 2.43 bits per heavy atom. The number of hydrogen-bond acceptors (Lipinski definition) is 4. The average molecular weight is 337 g/mol. The van der Waals surface area contributed by atoms with Crippen molar-refractivity contribution in [3.05, 3.63) is 41.3 Å². The first kappa shape index (κ1) is 17.2. The van der Waals surface area contributed by atoms with E-state index in [1.807, 2.05) is 6.07 Å². The van der Waals surface area contributed by atoms with E-state index in [1.165, 1.54) is 13.0 Å². The van der Waals surface area contributed by atoms with E-state index in [9.17, 15) is 18.0 Å². The van der Waals surface area contributed by atoms with Gasteiger partial charge in [0.15, 0.2) is 0 Å². The highest BCUT2D eigenvalue weighted by Crippen LogP contribution is 2.28. The molecule has 0 aromatic heterocycles. The molecule has 1 saturated carbocycles. The summed E-state index contributed by atoms with van der Waals surface area (Å²) in [6.07, 6.45) is 3.06. The zero-order valence-electron chi connectivity index (χ0n) is 12.7. The van der Waals surface area contributed by atoms with Crippen LogP contribution in [0.25, 0.3) is 6.08 Å². The summed E-state index contributed by atoms with van der Waals surface area (Å²) < 4.78 is 26.0. The average Bonchev–Trinajstić information content (AvgIpc) is 3.36. The van der Waals surface area contributed by atoms with Crippen LogP contribution in [0.1, 0.15) is 25.3 Å². The van der Waals surface area contributed by atoms with Crippen LogP contribution in [0.3, 0.4) is 0 Å². The Morgan fingerprint density at radius 1 is 1.17 bits per heavy atom. The molecule has 1 fully saturated rings. The highest BCUT2D eigenvalue weighted by atomic mass is 32.2. The van der Waals surface area contributed by atoms with E-state index >= 15 is 0 Å². The third kappa shape index (κ3) is 5.84. The van der Waals surface area contributed by atoms with Gasteiger partial charge >= 0.3 is 0 Å². The minimum atomic E-state index is -3.77. The molecular weight excluding hydrogens is 318 g/mol. The first-order valence-corrected chi connectivity index (χ1v) is 8.77. The van der Waals surface area contributed by atoms with Gasteiger partial charge in [-0.2, -0.15) is 4.72 Å². The molecule has 0 saturated heterocycles. The maximum absolute atomic E-state index is 11.9. The number of hydrazine groups is 1. The standard InChI is InChI=1S/C15H19N3O4S/c1-11(14(19)16-17-15(20)13-7-8-13)18-23(21,22)10-9-12-5-3-2-4-6-12/h2-6,9-11,13,18H,7-8H2,1H3,(H,16,19)(H,17,20)/b10-9+/t11-/m0/s1. The summed E-state index contributed by atoms with van der Waals surface area (Å²) in [7, 11) is -3.77. The molecule has 1 aliphatic rings. The number of carbonyl (C=O) groups is 2. The highest BCUT2D eigenvalue weighted by Gasteiger charge is 2.30. The van der Waals surface area contributed by atoms with Crippen LogP contribution < -0.4 is 15.6 Å². The molecule has 0 aliphatic heterocycles. The summed E-state index contributed by atoms with van der Waals surface area (Å²) in [5, 5.41) is 0.995. The Kier molecular flexibility index (Phi) is 5.51. The van der Waals surface area contributed by atoms with Crippen LogP contribution in [-0.4, -0.2) is 26.3 Å². The molecule has 0 spiro atoms. The van der Waals surface area contributed by atoms with Gasteiger partial charge < -0.3 is 0 Å². The van der Waals surface area contributed by atoms with Crippen molar-refractivity contribution in [2.75, 3.05) is 0 Å². The smallest absolute Gasteiger partial charge is 0.256 e. The summed E-state index contributed by atoms with van der Waals surface area (Å²) in [6.45, 7) is 1.40. The van der Waals surface area contributed by atoms with E-state index in [0.717, 1.165) is 23.8 Å². The second kappa shape index (κ2) is 7.38. The molecular formula is C15H19N3O4S. The maximum Gasteiger partial charge on any atom is 0.256 e. The molecule has 1 aliphatic carbocycles. The van der Waals surface area contributed by atoms with Crippen LogP contribution in [0.2, 0.25) is 0 Å². The lowest BCUT2D eigenvalue weighted by molar-refractivity contribution is -0.130. The second-order valence-electron chi connectivity index (χ2n) is 5.35. The van der Waals surface area contributed by atoms with Gasteiger partial charge in [0, 0.05) is 11.3 Å². The lowest BCUT2D eigenvalue weighted by atomic mass is 10.2. The van der Waals surface area contributed by atoms with Gasteiger partial charge in [-0.15, -0.1) is 0 Å². The Bertz CT molecular complexity index is 697. The Hall–Kier alpha value is -2.19. The summed E-state index contributed by atoms with van der Waals surface area (Å²) in [5.41, 5.74) is 5.22. The number of hydrogen-bond donors (Lipinski definition) is 3. The molecule has 0 radical (unpaired) electrons. The Balaban J connectivity index is 1.84. The lowest BCUT2D eigenvalue weighted by Gasteiger charge is -2.13. The quantitative estimate of drug-likeness (QED) is 0.658. The molecule has 2 amide bonds. The largest absolute Gasteiger partial charge is 0.273 e. The summed E-state index contributed by atoms with van der Waals surface area (Å²) in [4.78, 5) is 23.2. The van der Waals surface area contributed by atoms with Gasteiger partial charge in [-0.05, 0) is 31.4 Å². The van der Waals surface area contributed by atoms with Gasteiger partial charge in [-0.25, -0.2) is 8.42 Å². The fourth-order valence-electron chi connectivity index (χ4n) is 1.75. The van der Waals surface area contributed by atoms with Crippen molar-refractivity contribution in [1.82, 2.24) is 15.6 Å². The molecule has 0 bridgehead atoms. The first-order chi connectivity index (χ1) is 10.9. The molecule has 1 aromatic rings. The molecule has 3 N–H and O–H groups in total. The monoisotopic (exact) mass is 337 g/mol. The molecule has 0 unspecified atom stereocenters. The third-order valence-corrected chi connectivity index (χ3v) is 4.41. The Labute approximate surface area is 135 Å². The van der Waals surface area contributed by atoms with Crippen molar-refractivity contribution in [1.29, 1.82) is 0 Å². The van der Waals surface area contributed by atoms with Gasteiger partial charge in [0.25, 0.3) is 5.91 Å². The van der Waals surface area contributed by atoms with E-state index in [4.69, 9.17) is 0 Å². The number of nitrogens with one attached hydrogen (secondary N) is 3. The van der Waals surface area contributed by atoms with Gasteiger partial charge in [0.2, 0.25) is 15.9 Å². The van der Waals surface area contributed by atoms with Crippen LogP contribution in [0.15, 0.2) is 35.7 Å². The van der Waals surface area contributed by atoms with Gasteiger partial charge in [-0.1, -0.05) is 30.3 Å². The van der Waals surface area contributed by atoms with E-state index in [1.54, 1.807) is 24.3 Å². The van der Waals surface area contributed by atoms with Crippen LogP contribution in [-0.2, 0) is 19.6 Å². The zero-order chi connectivity index (χ0) is 16.9. The maximum atomic E-state index is 11.9. The van der Waals surface area contributed by atoms with Crippen LogP contribution in [0, 0.1) is 5.92 Å². The minimum Gasteiger partial charge on any atom is -0.273 e. The first-order valence-electron chi connectivity index (χ1n) is 7.22. The number of carbonyl (C=O) groups excluding carboxylic acids is 2. The van der Waals surface area contributed by atoms with Crippen LogP contribution >= 0.6 is 0 Å². The highest BCUT2D eigenvalue weighted by molar-refractivity contribution is 7.92. The minimum absolute atomic E-state index is 0.0453. The molecule has 2 rings (SSSR count). The van der Waals surface area contributed by atoms with Gasteiger partial charge in [0.1, 0.15) is 0 Å². The molecule has 1 aromatic carbocycles. The molecule has 1 atom stereocenters. The molecule has 8 heteroatoms.